The van der Waals surface area contributed by atoms with E-state index in [0.717, 1.165) is 5.75 Å². The van der Waals surface area contributed by atoms with Crippen molar-refractivity contribution in [2.24, 2.45) is 0 Å². The third-order valence-corrected chi connectivity index (χ3v) is 2.25. The summed E-state index contributed by atoms with van der Waals surface area (Å²) in [5, 5.41) is 12.5. The number of nitriles is 1. The predicted octanol–water partition coefficient (Wildman–Crippen LogP) is 1.54. The molecule has 0 bridgehead atoms. The lowest BCUT2D eigenvalue weighted by atomic mass is 10.2. The van der Waals surface area contributed by atoms with E-state index in [0.29, 0.717) is 13.2 Å². The molecule has 0 unspecified atom stereocenters. The number of rotatable bonds is 4. The maximum absolute atomic E-state index is 8.56. The van der Waals surface area contributed by atoms with E-state index < -0.39 is 0 Å². The lowest BCUT2D eigenvalue weighted by Crippen LogP contribution is -2.08. The highest BCUT2D eigenvalue weighted by Gasteiger charge is 1.99. The molecule has 17 heavy (non-hydrogen) atoms. The van der Waals surface area contributed by atoms with Crippen LogP contribution in [0.25, 0.3) is 0 Å². The second kappa shape index (κ2) is 5.12. The molecule has 1 aromatic carbocycles. The van der Waals surface area contributed by atoms with Gasteiger partial charge in [0, 0.05) is 0 Å². The Kier molecular flexibility index (Phi) is 3.36. The summed E-state index contributed by atoms with van der Waals surface area (Å²) < 4.78 is 7.13. The van der Waals surface area contributed by atoms with Crippen molar-refractivity contribution < 1.29 is 4.74 Å². The third-order valence-electron chi connectivity index (χ3n) is 2.25. The molecular weight excluding hydrogens is 216 g/mol. The highest BCUT2D eigenvalue weighted by atomic mass is 16.5. The van der Waals surface area contributed by atoms with Gasteiger partial charge in [-0.3, -0.25) is 0 Å². The Bertz CT molecular complexity index is 524. The molecule has 0 saturated carbocycles. The first kappa shape index (κ1) is 11.1. The second-order valence-corrected chi connectivity index (χ2v) is 3.60. The molecule has 0 saturated heterocycles. The number of hydrogen-bond acceptors (Lipinski definition) is 4. The number of benzene rings is 1. The molecule has 86 valence electrons. The van der Waals surface area contributed by atoms with Crippen molar-refractivity contribution in [3.8, 4) is 11.8 Å². The normalized spacial score (nSPS) is 9.88. The largest absolute Gasteiger partial charge is 0.492 e. The van der Waals surface area contributed by atoms with Gasteiger partial charge in [-0.1, -0.05) is 17.7 Å². The molecule has 2 rings (SSSR count). The van der Waals surface area contributed by atoms with Gasteiger partial charge in [0.25, 0.3) is 5.82 Å². The van der Waals surface area contributed by atoms with E-state index in [1.165, 1.54) is 11.9 Å². The maximum atomic E-state index is 8.56. The average molecular weight is 228 g/mol. The van der Waals surface area contributed by atoms with Crippen LogP contribution in [0, 0.1) is 18.3 Å². The van der Waals surface area contributed by atoms with E-state index in [4.69, 9.17) is 10.00 Å². The zero-order valence-corrected chi connectivity index (χ0v) is 9.50. The predicted molar refractivity (Wildman–Crippen MR) is 61.4 cm³/mol. The van der Waals surface area contributed by atoms with Crippen LogP contribution in [0.5, 0.6) is 5.75 Å². The van der Waals surface area contributed by atoms with Gasteiger partial charge in [0.15, 0.2) is 0 Å². The standard InChI is InChI=1S/C12H12N4O/c1-10-2-4-11(5-3-10)17-7-6-16-9-14-12(8-13)15-16/h2-5,9H,6-7H2,1H3. The van der Waals surface area contributed by atoms with Crippen LogP contribution in [-0.4, -0.2) is 21.4 Å². The molecule has 5 nitrogen and oxygen atoms in total. The molecule has 2 aromatic rings. The van der Waals surface area contributed by atoms with Crippen LogP contribution >= 0.6 is 0 Å². The van der Waals surface area contributed by atoms with Crippen LogP contribution in [0.3, 0.4) is 0 Å². The molecule has 5 heteroatoms. The number of hydrogen-bond donors (Lipinski definition) is 0. The summed E-state index contributed by atoms with van der Waals surface area (Å²) in [6.45, 7) is 3.10. The summed E-state index contributed by atoms with van der Waals surface area (Å²) in [5.41, 5.74) is 1.20. The van der Waals surface area contributed by atoms with E-state index in [1.807, 2.05) is 37.3 Å². The van der Waals surface area contributed by atoms with Crippen LogP contribution in [0.2, 0.25) is 0 Å². The Morgan fingerprint density at radius 2 is 2.12 bits per heavy atom. The molecule has 1 aromatic heterocycles. The van der Waals surface area contributed by atoms with Gasteiger partial charge in [-0.15, -0.1) is 5.10 Å². The minimum Gasteiger partial charge on any atom is -0.492 e. The van der Waals surface area contributed by atoms with Gasteiger partial charge in [0.05, 0.1) is 6.54 Å². The third kappa shape index (κ3) is 3.05. The maximum Gasteiger partial charge on any atom is 0.252 e. The van der Waals surface area contributed by atoms with Gasteiger partial charge in [0.2, 0.25) is 0 Å². The van der Waals surface area contributed by atoms with Crippen LogP contribution in [0.15, 0.2) is 30.6 Å². The zero-order valence-electron chi connectivity index (χ0n) is 9.50. The lowest BCUT2D eigenvalue weighted by Gasteiger charge is -2.05. The van der Waals surface area contributed by atoms with E-state index in [-0.39, 0.29) is 5.82 Å². The first-order valence-electron chi connectivity index (χ1n) is 5.27. The van der Waals surface area contributed by atoms with Crippen molar-refractivity contribution in [3.05, 3.63) is 42.0 Å². The molecule has 0 amide bonds. The van der Waals surface area contributed by atoms with E-state index in [9.17, 15) is 0 Å². The van der Waals surface area contributed by atoms with Gasteiger partial charge in [-0.25, -0.2) is 9.67 Å². The summed E-state index contributed by atoms with van der Waals surface area (Å²) >= 11 is 0. The van der Waals surface area contributed by atoms with Crippen molar-refractivity contribution in [1.29, 1.82) is 5.26 Å². The monoisotopic (exact) mass is 228 g/mol. The molecule has 0 aliphatic heterocycles. The molecule has 0 aliphatic rings. The minimum atomic E-state index is 0.181. The number of aromatic nitrogens is 3. The van der Waals surface area contributed by atoms with Gasteiger partial charge >= 0.3 is 0 Å². The van der Waals surface area contributed by atoms with Crippen LogP contribution in [0.4, 0.5) is 0 Å². The number of ether oxygens (including phenoxy) is 1. The van der Waals surface area contributed by atoms with Crippen molar-refractivity contribution in [2.75, 3.05) is 6.61 Å². The summed E-state index contributed by atoms with van der Waals surface area (Å²) in [7, 11) is 0. The zero-order chi connectivity index (χ0) is 12.1. The Balaban J connectivity index is 1.83. The SMILES string of the molecule is Cc1ccc(OCCn2cnc(C#N)n2)cc1. The first-order chi connectivity index (χ1) is 8.28. The molecule has 0 fully saturated rings. The fourth-order valence-corrected chi connectivity index (χ4v) is 1.35. The Hall–Kier alpha value is -2.35. The van der Waals surface area contributed by atoms with Gasteiger partial charge in [0.1, 0.15) is 24.8 Å². The highest BCUT2D eigenvalue weighted by Crippen LogP contribution is 2.11. The minimum absolute atomic E-state index is 0.181. The Morgan fingerprint density at radius 1 is 1.35 bits per heavy atom. The number of nitrogens with zero attached hydrogens (tertiary/aromatic N) is 4. The summed E-state index contributed by atoms with van der Waals surface area (Å²) in [6, 6.07) is 9.73. The molecule has 0 atom stereocenters. The lowest BCUT2D eigenvalue weighted by molar-refractivity contribution is 0.291. The van der Waals surface area contributed by atoms with Gasteiger partial charge < -0.3 is 4.74 Å². The summed E-state index contributed by atoms with van der Waals surface area (Å²) in [4.78, 5) is 3.81. The smallest absolute Gasteiger partial charge is 0.252 e. The molecule has 0 N–H and O–H groups in total. The Morgan fingerprint density at radius 3 is 2.76 bits per heavy atom. The van der Waals surface area contributed by atoms with Crippen molar-refractivity contribution in [3.63, 3.8) is 0 Å². The second-order valence-electron chi connectivity index (χ2n) is 3.60. The van der Waals surface area contributed by atoms with Crippen LogP contribution < -0.4 is 4.74 Å². The van der Waals surface area contributed by atoms with E-state index >= 15 is 0 Å². The summed E-state index contributed by atoms with van der Waals surface area (Å²) in [6.07, 6.45) is 1.52. The fourth-order valence-electron chi connectivity index (χ4n) is 1.35. The van der Waals surface area contributed by atoms with Crippen LogP contribution in [0.1, 0.15) is 11.4 Å². The topological polar surface area (TPSA) is 63.7 Å². The molecule has 0 aliphatic carbocycles. The fraction of sp³-hybridized carbons (Fsp3) is 0.250. The van der Waals surface area contributed by atoms with Gasteiger partial charge in [-0.2, -0.15) is 5.26 Å². The van der Waals surface area contributed by atoms with Crippen molar-refractivity contribution in [2.45, 2.75) is 13.5 Å². The number of aryl methyl sites for hydroxylation is 1. The van der Waals surface area contributed by atoms with Crippen molar-refractivity contribution >= 4 is 0 Å². The molecule has 0 spiro atoms. The molecular formula is C12H12N4O. The average Bonchev–Trinajstić information content (AvgIpc) is 2.80. The van der Waals surface area contributed by atoms with E-state index in [1.54, 1.807) is 4.68 Å². The summed E-state index contributed by atoms with van der Waals surface area (Å²) in [5.74, 6) is 1.01. The Labute approximate surface area is 99.3 Å². The van der Waals surface area contributed by atoms with Gasteiger partial charge in [-0.05, 0) is 19.1 Å². The van der Waals surface area contributed by atoms with Crippen molar-refractivity contribution in [1.82, 2.24) is 14.8 Å². The first-order valence-corrected chi connectivity index (χ1v) is 5.27. The quantitative estimate of drug-likeness (QED) is 0.796. The molecule has 1 heterocycles. The van der Waals surface area contributed by atoms with Crippen LogP contribution in [-0.2, 0) is 6.54 Å². The highest BCUT2D eigenvalue weighted by molar-refractivity contribution is 5.26. The van der Waals surface area contributed by atoms with E-state index in [2.05, 4.69) is 10.1 Å². The molecule has 0 radical (unpaired) electrons.